The van der Waals surface area contributed by atoms with Gasteiger partial charge in [0.2, 0.25) is 0 Å². The van der Waals surface area contributed by atoms with Crippen LogP contribution in [0.15, 0.2) is 48.5 Å². The maximum absolute atomic E-state index is 15.7. The fraction of sp³-hybridized carbons (Fsp3) is 0. The molecule has 65 heavy (non-hydrogen) atoms. The van der Waals surface area contributed by atoms with E-state index >= 15 is 35.1 Å². The minimum atomic E-state index is -2.10. The summed E-state index contributed by atoms with van der Waals surface area (Å²) in [4.78, 5) is 16.4. The molecule has 330 valence electrons. The maximum atomic E-state index is 15.7. The van der Waals surface area contributed by atoms with Gasteiger partial charge in [0.25, 0.3) is 0 Å². The van der Waals surface area contributed by atoms with Gasteiger partial charge in [-0.2, -0.15) is 0 Å². The Balaban J connectivity index is 0.00000576. The van der Waals surface area contributed by atoms with Crippen molar-refractivity contribution in [3.8, 4) is 44.5 Å². The smallest absolute Gasteiger partial charge is 0.657 e. The fourth-order valence-electron chi connectivity index (χ4n) is 7.28. The van der Waals surface area contributed by atoms with Crippen molar-refractivity contribution in [3.05, 3.63) is 164 Å². The van der Waals surface area contributed by atoms with E-state index in [1.165, 1.54) is 0 Å². The second-order valence-electron chi connectivity index (χ2n) is 13.7. The van der Waals surface area contributed by atoms with E-state index in [0.717, 1.165) is 48.6 Å². The Morgan fingerprint density at radius 1 is 0.262 bits per heavy atom. The van der Waals surface area contributed by atoms with Crippen molar-refractivity contribution in [2.45, 2.75) is 0 Å². The van der Waals surface area contributed by atoms with Gasteiger partial charge in [0, 0.05) is 24.3 Å². The summed E-state index contributed by atoms with van der Waals surface area (Å²) in [6.07, 6.45) is 3.18. The van der Waals surface area contributed by atoms with Crippen molar-refractivity contribution in [3.63, 3.8) is 0 Å². The summed E-state index contributed by atoms with van der Waals surface area (Å²) < 4.78 is 245. The van der Waals surface area contributed by atoms with Gasteiger partial charge in [-0.15, -0.1) is 22.1 Å². The largest absolute Gasteiger partial charge is 2.00 e. The molecule has 9 rings (SSSR count). The normalized spacial score (nSPS) is 12.1. The average molecular weight is 1100 g/mol. The number of halogens is 16. The molecule has 0 fully saturated rings. The second kappa shape index (κ2) is 16.2. The standard InChI is InChI=1S/C44H12F16N4.Pt/c45-13-9-14(46)38(54)33(37(13)53)29-21-1-2-22(61-21)30(34-39(55)15(47)10-16(48)40(34)56)24-5-6-26(63-24)32(36-43(59)19(51)12-20(52)44(36)60)28-8-7-27(64-28)31(25-4-3-23(29)62-25)35-41(57)17(49)11-18(50)42(35)58;/h1-12H;/q-2;+2. The Kier molecular flexibility index (Phi) is 11.2. The first-order valence-electron chi connectivity index (χ1n) is 17.8. The molecule has 8 bridgehead atoms. The molecular formula is C44H12F16N4Pt. The SMILES string of the molecule is Fc1cc(F)c(F)c(-c2c3nc(c(-c4c(F)c(F)cc(F)c4F)c4ccc([n-]4)c(-c4c(F)c(F)cc(F)c4F)c4nc(c(-c5c(F)c(F)cc(F)c5F)c5ccc2[n-]5)C=C4)C=C3)c1F.[Pt+2]. The summed E-state index contributed by atoms with van der Waals surface area (Å²) in [5, 5.41) is 0. The molecule has 0 radical (unpaired) electrons. The quantitative estimate of drug-likeness (QED) is 0.130. The number of aromatic nitrogens is 4. The van der Waals surface area contributed by atoms with Crippen LogP contribution in [-0.4, -0.2) is 9.97 Å². The zero-order valence-corrected chi connectivity index (χ0v) is 33.4. The van der Waals surface area contributed by atoms with Crippen LogP contribution >= 0.6 is 0 Å². The van der Waals surface area contributed by atoms with Gasteiger partial charge < -0.3 is 9.97 Å². The van der Waals surface area contributed by atoms with Gasteiger partial charge in [-0.1, -0.05) is 24.3 Å². The third-order valence-corrected chi connectivity index (χ3v) is 10.1. The Morgan fingerprint density at radius 2 is 0.431 bits per heavy atom. The summed E-state index contributed by atoms with van der Waals surface area (Å²) in [5.74, 6) is -32.7. The summed E-state index contributed by atoms with van der Waals surface area (Å²) in [6.45, 7) is 0. The Morgan fingerprint density at radius 3 is 0.600 bits per heavy atom. The number of benzene rings is 4. The topological polar surface area (TPSA) is 54.0 Å². The molecule has 0 aliphatic carbocycles. The molecule has 0 saturated carbocycles. The summed E-state index contributed by atoms with van der Waals surface area (Å²) in [6, 6.07) is 2.46. The van der Waals surface area contributed by atoms with Crippen LogP contribution in [-0.2, 0) is 21.1 Å². The van der Waals surface area contributed by atoms with Crippen molar-refractivity contribution in [2.24, 2.45) is 0 Å². The van der Waals surface area contributed by atoms with E-state index in [9.17, 15) is 35.1 Å². The minimum absolute atomic E-state index is 0. The van der Waals surface area contributed by atoms with Crippen LogP contribution < -0.4 is 9.97 Å². The molecule has 0 amide bonds. The van der Waals surface area contributed by atoms with E-state index in [-0.39, 0.29) is 45.3 Å². The zero-order valence-electron chi connectivity index (χ0n) is 31.1. The van der Waals surface area contributed by atoms with E-state index < -0.39 is 182 Å². The predicted octanol–water partition coefficient (Wildman–Crippen LogP) is 12.8. The Labute approximate surface area is 365 Å². The van der Waals surface area contributed by atoms with E-state index in [2.05, 4.69) is 19.9 Å². The number of nitrogens with zero attached hydrogens (tertiary/aromatic N) is 4. The van der Waals surface area contributed by atoms with Gasteiger partial charge in [-0.3, -0.25) is 0 Å². The molecule has 0 atom stereocenters. The third kappa shape index (κ3) is 7.01. The van der Waals surface area contributed by atoms with Gasteiger partial charge in [-0.05, 0) is 46.6 Å². The van der Waals surface area contributed by atoms with Gasteiger partial charge in [0.15, 0.2) is 93.1 Å². The van der Waals surface area contributed by atoms with Crippen molar-refractivity contribution in [1.82, 2.24) is 19.9 Å². The van der Waals surface area contributed by atoms with Crippen molar-refractivity contribution in [1.29, 1.82) is 0 Å². The summed E-state index contributed by atoms with van der Waals surface area (Å²) >= 11 is 0. The number of hydrogen-bond donors (Lipinski definition) is 0. The first-order valence-corrected chi connectivity index (χ1v) is 17.8. The van der Waals surface area contributed by atoms with Crippen LogP contribution in [0.25, 0.3) is 90.9 Å². The third-order valence-electron chi connectivity index (χ3n) is 10.1. The number of fused-ring (bicyclic) bond motifs is 8. The molecular weight excluding hydrogens is 1080 g/mol. The van der Waals surface area contributed by atoms with Gasteiger partial charge >= 0.3 is 21.1 Å². The van der Waals surface area contributed by atoms with Gasteiger partial charge in [0.1, 0.15) is 0 Å². The molecule has 0 unspecified atom stereocenters. The zero-order chi connectivity index (χ0) is 45.8. The van der Waals surface area contributed by atoms with Crippen LogP contribution in [0.3, 0.4) is 0 Å². The van der Waals surface area contributed by atoms with Crippen LogP contribution in [0.5, 0.6) is 0 Å². The first-order chi connectivity index (χ1) is 30.4. The fourth-order valence-corrected chi connectivity index (χ4v) is 7.28. The molecule has 0 N–H and O–H groups in total. The van der Waals surface area contributed by atoms with Crippen molar-refractivity contribution >= 4 is 46.4 Å². The molecule has 0 spiro atoms. The monoisotopic (exact) mass is 1100 g/mol. The molecule has 0 saturated heterocycles. The molecule has 2 aliphatic heterocycles. The van der Waals surface area contributed by atoms with Crippen LogP contribution in [0.1, 0.15) is 22.8 Å². The van der Waals surface area contributed by atoms with E-state index in [4.69, 9.17) is 0 Å². The maximum Gasteiger partial charge on any atom is 2.00 e. The first kappa shape index (κ1) is 44.6. The van der Waals surface area contributed by atoms with Crippen LogP contribution in [0, 0.1) is 93.1 Å². The van der Waals surface area contributed by atoms with E-state index in [0.29, 0.717) is 0 Å². The minimum Gasteiger partial charge on any atom is -0.657 e. The molecule has 5 heterocycles. The molecule has 2 aliphatic rings. The molecule has 4 nitrogen and oxygen atoms in total. The molecule has 3 aromatic heterocycles. The van der Waals surface area contributed by atoms with Gasteiger partial charge in [-0.25, -0.2) is 80.2 Å². The number of hydrogen-bond acceptors (Lipinski definition) is 2. The molecule has 7 aromatic rings. The summed E-state index contributed by atoms with van der Waals surface area (Å²) in [5.41, 5.74) is -16.7. The average Bonchev–Trinajstić information content (AvgIpc) is 4.10. The molecule has 21 heteroatoms. The van der Waals surface area contributed by atoms with Gasteiger partial charge in [0.05, 0.1) is 45.0 Å². The van der Waals surface area contributed by atoms with E-state index in [1.54, 1.807) is 0 Å². The van der Waals surface area contributed by atoms with Crippen LogP contribution in [0.4, 0.5) is 70.2 Å². The Hall–Kier alpha value is -6.95. The summed E-state index contributed by atoms with van der Waals surface area (Å²) in [7, 11) is 0. The predicted molar refractivity (Wildman–Crippen MR) is 198 cm³/mol. The second-order valence-corrected chi connectivity index (χ2v) is 13.7. The van der Waals surface area contributed by atoms with Crippen molar-refractivity contribution in [2.75, 3.05) is 0 Å². The Bertz CT molecular complexity index is 2940. The van der Waals surface area contributed by atoms with Crippen LogP contribution in [0.2, 0.25) is 0 Å². The number of rotatable bonds is 4. The van der Waals surface area contributed by atoms with Crippen molar-refractivity contribution < 1.29 is 91.3 Å². The molecule has 4 aromatic carbocycles. The van der Waals surface area contributed by atoms with E-state index in [1.807, 2.05) is 0 Å².